The molecular weight excluding hydrogens is 300 g/mol. The van der Waals surface area contributed by atoms with Crippen LogP contribution in [0.3, 0.4) is 0 Å². The first-order valence-corrected chi connectivity index (χ1v) is 7.08. The molecule has 0 fully saturated rings. The van der Waals surface area contributed by atoms with Crippen LogP contribution in [-0.4, -0.2) is 24.3 Å². The zero-order chi connectivity index (χ0) is 15.6. The highest BCUT2D eigenvalue weighted by molar-refractivity contribution is 7.89. The minimum Gasteiger partial charge on any atom is -0.322 e. The number of primary sulfonamides is 1. The van der Waals surface area contributed by atoms with Crippen LogP contribution in [0.25, 0.3) is 0 Å². The van der Waals surface area contributed by atoms with E-state index in [1.54, 1.807) is 0 Å². The number of hydrogen-bond acceptors (Lipinski definition) is 5. The summed E-state index contributed by atoms with van der Waals surface area (Å²) in [7, 11) is -3.91. The Hall–Kier alpha value is -2.72. The summed E-state index contributed by atoms with van der Waals surface area (Å²) in [6.07, 6.45) is 0.958. The van der Waals surface area contributed by atoms with Crippen LogP contribution in [-0.2, 0) is 10.0 Å². The molecular formula is C11H10N4O5S. The van der Waals surface area contributed by atoms with Crippen LogP contribution in [0, 0.1) is 0 Å². The Bertz CT molecular complexity index is 912. The van der Waals surface area contributed by atoms with Gasteiger partial charge in [0.1, 0.15) is 5.56 Å². The fourth-order valence-electron chi connectivity index (χ4n) is 1.53. The molecule has 0 bridgehead atoms. The largest absolute Gasteiger partial charge is 0.325 e. The van der Waals surface area contributed by atoms with Gasteiger partial charge in [-0.1, -0.05) is 6.07 Å². The van der Waals surface area contributed by atoms with Gasteiger partial charge < -0.3 is 10.3 Å². The first-order chi connectivity index (χ1) is 9.77. The zero-order valence-corrected chi connectivity index (χ0v) is 11.2. The first-order valence-electron chi connectivity index (χ1n) is 5.53. The quantitative estimate of drug-likeness (QED) is 0.570. The molecule has 0 aliphatic rings. The van der Waals surface area contributed by atoms with E-state index in [2.05, 4.69) is 10.3 Å². The molecule has 1 heterocycles. The van der Waals surface area contributed by atoms with Crippen molar-refractivity contribution in [3.63, 3.8) is 0 Å². The standard InChI is InChI=1S/C11H10N4O5S/c12-21(19,20)7-3-1-2-6(4-7)14-9(16)8-5-13-11(18)15-10(8)17/h1-5H,(H,14,16)(H2,12,19,20)(H2,13,15,17,18). The number of anilines is 1. The number of hydrogen-bond donors (Lipinski definition) is 4. The number of nitrogens with two attached hydrogens (primary N) is 1. The van der Waals surface area contributed by atoms with Gasteiger partial charge in [-0.25, -0.2) is 18.4 Å². The molecule has 0 saturated carbocycles. The van der Waals surface area contributed by atoms with E-state index in [1.165, 1.54) is 18.2 Å². The van der Waals surface area contributed by atoms with Gasteiger partial charge in [0.2, 0.25) is 10.0 Å². The Labute approximate surface area is 117 Å². The van der Waals surface area contributed by atoms with Crippen molar-refractivity contribution in [2.75, 3.05) is 5.32 Å². The van der Waals surface area contributed by atoms with Crippen LogP contribution in [0.4, 0.5) is 5.69 Å². The first kappa shape index (κ1) is 14.7. The fourth-order valence-corrected chi connectivity index (χ4v) is 2.09. The summed E-state index contributed by atoms with van der Waals surface area (Å²) < 4.78 is 22.4. The molecule has 9 nitrogen and oxygen atoms in total. The number of sulfonamides is 1. The number of nitrogens with one attached hydrogen (secondary N) is 3. The van der Waals surface area contributed by atoms with Crippen molar-refractivity contribution < 1.29 is 13.2 Å². The van der Waals surface area contributed by atoms with Gasteiger partial charge in [-0.05, 0) is 18.2 Å². The minimum absolute atomic E-state index is 0.136. The molecule has 21 heavy (non-hydrogen) atoms. The number of carbonyl (C=O) groups is 1. The van der Waals surface area contributed by atoms with Crippen LogP contribution >= 0.6 is 0 Å². The van der Waals surface area contributed by atoms with Crippen LogP contribution in [0.2, 0.25) is 0 Å². The number of aromatic nitrogens is 2. The van der Waals surface area contributed by atoms with Crippen molar-refractivity contribution in [3.05, 3.63) is 56.9 Å². The molecule has 2 aromatic rings. The molecule has 0 unspecified atom stereocenters. The lowest BCUT2D eigenvalue weighted by Gasteiger charge is -2.06. The highest BCUT2D eigenvalue weighted by Gasteiger charge is 2.13. The second-order valence-corrected chi connectivity index (χ2v) is 5.57. The van der Waals surface area contributed by atoms with Gasteiger partial charge >= 0.3 is 5.69 Å². The predicted molar refractivity (Wildman–Crippen MR) is 73.5 cm³/mol. The lowest BCUT2D eigenvalue weighted by Crippen LogP contribution is -2.29. The lowest BCUT2D eigenvalue weighted by molar-refractivity contribution is 0.102. The third-order valence-corrected chi connectivity index (χ3v) is 3.40. The number of rotatable bonds is 3. The summed E-state index contributed by atoms with van der Waals surface area (Å²) >= 11 is 0. The van der Waals surface area contributed by atoms with Gasteiger partial charge in [0.15, 0.2) is 0 Å². The monoisotopic (exact) mass is 310 g/mol. The molecule has 0 atom stereocenters. The normalized spacial score (nSPS) is 11.1. The number of aromatic amines is 2. The average Bonchev–Trinajstić information content (AvgIpc) is 2.37. The van der Waals surface area contributed by atoms with Gasteiger partial charge in [0, 0.05) is 11.9 Å². The molecule has 0 saturated heterocycles. The summed E-state index contributed by atoms with van der Waals surface area (Å²) in [4.78, 5) is 38.0. The summed E-state index contributed by atoms with van der Waals surface area (Å²) in [5.41, 5.74) is -1.79. The summed E-state index contributed by atoms with van der Waals surface area (Å²) in [5, 5.41) is 7.30. The number of H-pyrrole nitrogens is 2. The highest BCUT2D eigenvalue weighted by atomic mass is 32.2. The van der Waals surface area contributed by atoms with Crippen molar-refractivity contribution in [1.29, 1.82) is 0 Å². The van der Waals surface area contributed by atoms with Crippen LogP contribution in [0.1, 0.15) is 10.4 Å². The lowest BCUT2D eigenvalue weighted by atomic mass is 10.2. The smallest absolute Gasteiger partial charge is 0.322 e. The molecule has 0 spiro atoms. The summed E-state index contributed by atoms with van der Waals surface area (Å²) in [6, 6.07) is 5.21. The van der Waals surface area contributed by atoms with Crippen molar-refractivity contribution >= 4 is 21.6 Å². The van der Waals surface area contributed by atoms with E-state index in [4.69, 9.17) is 5.14 Å². The van der Waals surface area contributed by atoms with E-state index in [9.17, 15) is 22.8 Å². The van der Waals surface area contributed by atoms with Gasteiger partial charge in [-0.3, -0.25) is 14.6 Å². The van der Waals surface area contributed by atoms with E-state index in [1.807, 2.05) is 4.98 Å². The Morgan fingerprint density at radius 1 is 1.24 bits per heavy atom. The van der Waals surface area contributed by atoms with Gasteiger partial charge in [-0.15, -0.1) is 0 Å². The molecule has 10 heteroatoms. The van der Waals surface area contributed by atoms with E-state index in [0.717, 1.165) is 12.3 Å². The highest BCUT2D eigenvalue weighted by Crippen LogP contribution is 2.14. The van der Waals surface area contributed by atoms with Crippen molar-refractivity contribution in [1.82, 2.24) is 9.97 Å². The molecule has 1 aromatic heterocycles. The second-order valence-electron chi connectivity index (χ2n) is 4.01. The molecule has 0 radical (unpaired) electrons. The van der Waals surface area contributed by atoms with Crippen molar-refractivity contribution in [2.45, 2.75) is 4.90 Å². The van der Waals surface area contributed by atoms with Crippen LogP contribution in [0.15, 0.2) is 44.9 Å². The van der Waals surface area contributed by atoms with Gasteiger partial charge in [-0.2, -0.15) is 0 Å². The minimum atomic E-state index is -3.91. The Kier molecular flexibility index (Phi) is 3.74. The van der Waals surface area contributed by atoms with Crippen molar-refractivity contribution in [3.8, 4) is 0 Å². The van der Waals surface area contributed by atoms with E-state index in [0.29, 0.717) is 0 Å². The molecule has 110 valence electrons. The van der Waals surface area contributed by atoms with E-state index in [-0.39, 0.29) is 16.1 Å². The fraction of sp³-hybridized carbons (Fsp3) is 0. The summed E-state index contributed by atoms with van der Waals surface area (Å²) in [6.45, 7) is 0. The number of benzene rings is 1. The maximum atomic E-state index is 11.9. The van der Waals surface area contributed by atoms with Gasteiger partial charge in [0.25, 0.3) is 11.5 Å². The third-order valence-electron chi connectivity index (χ3n) is 2.48. The summed E-state index contributed by atoms with van der Waals surface area (Å²) in [5.74, 6) is -0.806. The molecule has 5 N–H and O–H groups in total. The number of amides is 1. The maximum Gasteiger partial charge on any atom is 0.325 e. The van der Waals surface area contributed by atoms with Gasteiger partial charge in [0.05, 0.1) is 4.90 Å². The molecule has 1 amide bonds. The molecule has 2 rings (SSSR count). The average molecular weight is 310 g/mol. The SMILES string of the molecule is NS(=O)(=O)c1cccc(NC(=O)c2c[nH]c(=O)[nH]c2=O)c1. The molecule has 0 aliphatic heterocycles. The van der Waals surface area contributed by atoms with Crippen LogP contribution < -0.4 is 21.7 Å². The van der Waals surface area contributed by atoms with Crippen molar-refractivity contribution in [2.24, 2.45) is 5.14 Å². The Morgan fingerprint density at radius 3 is 2.57 bits per heavy atom. The van der Waals surface area contributed by atoms with Crippen LogP contribution in [0.5, 0.6) is 0 Å². The third kappa shape index (κ3) is 3.43. The Balaban J connectivity index is 2.32. The maximum absolute atomic E-state index is 11.9. The molecule has 0 aliphatic carbocycles. The van der Waals surface area contributed by atoms with E-state index >= 15 is 0 Å². The predicted octanol–water partition coefficient (Wildman–Crippen LogP) is -1.04. The Morgan fingerprint density at radius 2 is 1.95 bits per heavy atom. The molecule has 1 aromatic carbocycles. The van der Waals surface area contributed by atoms with E-state index < -0.39 is 27.2 Å². The topological polar surface area (TPSA) is 155 Å². The second kappa shape index (κ2) is 5.34. The number of carbonyl (C=O) groups excluding carboxylic acids is 1. The zero-order valence-electron chi connectivity index (χ0n) is 10.4.